The monoisotopic (exact) mass is 482 g/mol. The maximum atomic E-state index is 5.30. The lowest BCUT2D eigenvalue weighted by molar-refractivity contribution is 0.937. The van der Waals surface area contributed by atoms with E-state index in [1.807, 2.05) is 12.1 Å². The highest BCUT2D eigenvalue weighted by Crippen LogP contribution is 2.40. The van der Waals surface area contributed by atoms with Crippen LogP contribution in [-0.2, 0) is 0 Å². The van der Waals surface area contributed by atoms with Crippen LogP contribution in [0.3, 0.4) is 0 Å². The van der Waals surface area contributed by atoms with Crippen LogP contribution in [0.15, 0.2) is 127 Å². The van der Waals surface area contributed by atoms with E-state index in [9.17, 15) is 0 Å². The highest BCUT2D eigenvalue weighted by atomic mass is 32.1. The lowest BCUT2D eigenvalue weighted by Crippen LogP contribution is -2.04. The average Bonchev–Trinajstić information content (AvgIpc) is 3.69. The number of pyridine rings is 2. The highest BCUT2D eigenvalue weighted by molar-refractivity contribution is 7.10. The van der Waals surface area contributed by atoms with Crippen LogP contribution >= 0.6 is 11.3 Å². The molecule has 7 rings (SSSR count). The maximum Gasteiger partial charge on any atom is 0.144 e. The Hall–Kier alpha value is -4.48. The third-order valence-electron chi connectivity index (χ3n) is 6.59. The summed E-state index contributed by atoms with van der Waals surface area (Å²) in [6, 6.07) is 37.7. The van der Waals surface area contributed by atoms with Crippen molar-refractivity contribution in [2.24, 2.45) is 0 Å². The highest BCUT2D eigenvalue weighted by Gasteiger charge is 2.29. The van der Waals surface area contributed by atoms with E-state index in [1.165, 1.54) is 4.88 Å². The quantitative estimate of drug-likeness (QED) is 0.254. The second-order valence-corrected chi connectivity index (χ2v) is 9.71. The van der Waals surface area contributed by atoms with Crippen molar-refractivity contribution in [1.29, 1.82) is 0 Å². The molecule has 0 bridgehead atoms. The normalized spacial score (nSPS) is 11.6. The van der Waals surface area contributed by atoms with Gasteiger partial charge in [0.1, 0.15) is 11.6 Å². The summed E-state index contributed by atoms with van der Waals surface area (Å²) in [4.78, 5) is 11.8. The fourth-order valence-electron chi connectivity index (χ4n) is 4.98. The molecule has 0 aliphatic heterocycles. The SMILES string of the molecule is c1ccc(-c2nc(C(c3cccs3)c3nc(-c4ccccc4)n4ccccc34)c3ccccn23)cc1. The maximum absolute atomic E-state index is 5.30. The first kappa shape index (κ1) is 20.9. The lowest BCUT2D eigenvalue weighted by Gasteiger charge is -2.12. The Kier molecular flexibility index (Phi) is 5.00. The Labute approximate surface area is 212 Å². The van der Waals surface area contributed by atoms with Gasteiger partial charge in [0.25, 0.3) is 0 Å². The average molecular weight is 483 g/mol. The topological polar surface area (TPSA) is 34.6 Å². The van der Waals surface area contributed by atoms with E-state index in [2.05, 4.69) is 124 Å². The zero-order chi connectivity index (χ0) is 23.9. The van der Waals surface area contributed by atoms with E-state index in [0.717, 1.165) is 45.2 Å². The van der Waals surface area contributed by atoms with Crippen molar-refractivity contribution in [1.82, 2.24) is 18.8 Å². The summed E-state index contributed by atoms with van der Waals surface area (Å²) in [5, 5.41) is 2.13. The molecule has 0 saturated carbocycles. The van der Waals surface area contributed by atoms with Crippen LogP contribution in [0.5, 0.6) is 0 Å². The van der Waals surface area contributed by atoms with Crippen molar-refractivity contribution >= 4 is 22.4 Å². The van der Waals surface area contributed by atoms with Gasteiger partial charge in [-0.25, -0.2) is 9.97 Å². The van der Waals surface area contributed by atoms with Crippen LogP contribution in [0, 0.1) is 0 Å². The lowest BCUT2D eigenvalue weighted by atomic mass is 9.97. The smallest absolute Gasteiger partial charge is 0.144 e. The molecule has 4 nitrogen and oxygen atoms in total. The Morgan fingerprint density at radius 2 is 1.03 bits per heavy atom. The van der Waals surface area contributed by atoms with Gasteiger partial charge in [0.05, 0.1) is 28.3 Å². The molecule has 5 heterocycles. The van der Waals surface area contributed by atoms with Crippen LogP contribution in [0.4, 0.5) is 0 Å². The first-order valence-corrected chi connectivity index (χ1v) is 12.8. The van der Waals surface area contributed by atoms with Crippen molar-refractivity contribution in [3.8, 4) is 22.8 Å². The van der Waals surface area contributed by atoms with Crippen molar-refractivity contribution in [3.05, 3.63) is 143 Å². The minimum atomic E-state index is -0.102. The molecule has 0 N–H and O–H groups in total. The number of thiophene rings is 1. The van der Waals surface area contributed by atoms with Gasteiger partial charge in [0, 0.05) is 28.4 Å². The summed E-state index contributed by atoms with van der Waals surface area (Å²) in [5.41, 5.74) is 6.39. The van der Waals surface area contributed by atoms with E-state index in [-0.39, 0.29) is 5.92 Å². The molecule has 0 atom stereocenters. The number of hydrogen-bond acceptors (Lipinski definition) is 3. The molecule has 0 unspecified atom stereocenters. The predicted octanol–water partition coefficient (Wildman–Crippen LogP) is 7.56. The number of benzene rings is 2. The van der Waals surface area contributed by atoms with Crippen LogP contribution in [-0.4, -0.2) is 18.8 Å². The van der Waals surface area contributed by atoms with Gasteiger partial charge in [-0.05, 0) is 35.7 Å². The van der Waals surface area contributed by atoms with Gasteiger partial charge in [-0.2, -0.15) is 0 Å². The van der Waals surface area contributed by atoms with E-state index < -0.39 is 0 Å². The minimum absolute atomic E-state index is 0.102. The molecule has 7 aromatic rings. The standard InChI is InChI=1S/C31H22N4S/c1-3-12-22(13-4-1)30-32-28(24-16-7-9-19-34(24)30)27(26-18-11-21-36-26)29-25-17-8-10-20-35(25)31(33-29)23-14-5-2-6-15-23/h1-21,27H. The fraction of sp³-hybridized carbons (Fsp3) is 0.0323. The number of fused-ring (bicyclic) bond motifs is 2. The largest absolute Gasteiger partial charge is 0.299 e. The van der Waals surface area contributed by atoms with Gasteiger partial charge >= 0.3 is 0 Å². The molecule has 2 aromatic carbocycles. The number of imidazole rings is 2. The molecule has 0 radical (unpaired) electrons. The molecule has 0 aliphatic rings. The van der Waals surface area contributed by atoms with Crippen LogP contribution < -0.4 is 0 Å². The number of hydrogen-bond donors (Lipinski definition) is 0. The fourth-order valence-corrected chi connectivity index (χ4v) is 5.82. The van der Waals surface area contributed by atoms with Crippen molar-refractivity contribution in [3.63, 3.8) is 0 Å². The van der Waals surface area contributed by atoms with Gasteiger partial charge in [0.2, 0.25) is 0 Å². The Bertz CT molecular complexity index is 1660. The first-order chi connectivity index (χ1) is 17.9. The molecule has 0 spiro atoms. The Morgan fingerprint density at radius 3 is 1.50 bits per heavy atom. The molecule has 172 valence electrons. The summed E-state index contributed by atoms with van der Waals surface area (Å²) in [6.45, 7) is 0. The van der Waals surface area contributed by atoms with Gasteiger partial charge in [-0.3, -0.25) is 8.80 Å². The molecular formula is C31H22N4S. The third-order valence-corrected chi connectivity index (χ3v) is 7.53. The summed E-state index contributed by atoms with van der Waals surface area (Å²) in [5.74, 6) is 1.78. The van der Waals surface area contributed by atoms with Gasteiger partial charge < -0.3 is 0 Å². The zero-order valence-electron chi connectivity index (χ0n) is 19.4. The van der Waals surface area contributed by atoms with Crippen molar-refractivity contribution in [2.75, 3.05) is 0 Å². The van der Waals surface area contributed by atoms with Gasteiger partial charge in [0.15, 0.2) is 0 Å². The van der Waals surface area contributed by atoms with Crippen LogP contribution in [0.25, 0.3) is 33.8 Å². The summed E-state index contributed by atoms with van der Waals surface area (Å²) >= 11 is 1.75. The molecule has 0 aliphatic carbocycles. The van der Waals surface area contributed by atoms with Gasteiger partial charge in [-0.15, -0.1) is 11.3 Å². The molecule has 0 fully saturated rings. The minimum Gasteiger partial charge on any atom is -0.299 e. The molecule has 5 heteroatoms. The second kappa shape index (κ2) is 8.63. The molecular weight excluding hydrogens is 460 g/mol. The number of aromatic nitrogens is 4. The summed E-state index contributed by atoms with van der Waals surface area (Å²) in [7, 11) is 0. The molecule has 36 heavy (non-hydrogen) atoms. The third kappa shape index (κ3) is 3.36. The summed E-state index contributed by atoms with van der Waals surface area (Å²) in [6.07, 6.45) is 4.20. The molecule has 0 amide bonds. The van der Waals surface area contributed by atoms with Crippen LogP contribution in [0.2, 0.25) is 0 Å². The van der Waals surface area contributed by atoms with Crippen LogP contribution in [0.1, 0.15) is 22.2 Å². The number of rotatable bonds is 5. The van der Waals surface area contributed by atoms with Gasteiger partial charge in [-0.1, -0.05) is 78.9 Å². The summed E-state index contributed by atoms with van der Waals surface area (Å²) < 4.78 is 4.39. The van der Waals surface area contributed by atoms with Crippen molar-refractivity contribution in [2.45, 2.75) is 5.92 Å². The first-order valence-electron chi connectivity index (χ1n) is 12.0. The molecule has 5 aromatic heterocycles. The van der Waals surface area contributed by atoms with E-state index >= 15 is 0 Å². The van der Waals surface area contributed by atoms with E-state index in [4.69, 9.17) is 9.97 Å². The second-order valence-electron chi connectivity index (χ2n) is 8.73. The Balaban J connectivity index is 1.53. The van der Waals surface area contributed by atoms with E-state index in [0.29, 0.717) is 0 Å². The Morgan fingerprint density at radius 1 is 0.528 bits per heavy atom. The van der Waals surface area contributed by atoms with E-state index in [1.54, 1.807) is 11.3 Å². The van der Waals surface area contributed by atoms with Crippen molar-refractivity contribution < 1.29 is 0 Å². The number of nitrogens with zero attached hydrogens (tertiary/aromatic N) is 4. The molecule has 0 saturated heterocycles. The zero-order valence-corrected chi connectivity index (χ0v) is 20.2. The predicted molar refractivity (Wildman–Crippen MR) is 147 cm³/mol.